The van der Waals surface area contributed by atoms with Crippen LogP contribution in [0.3, 0.4) is 0 Å². The zero-order chi connectivity index (χ0) is 10.1. The molecule has 0 heterocycles. The van der Waals surface area contributed by atoms with Crippen LogP contribution in [0.4, 0.5) is 0 Å². The molecule has 0 aliphatic heterocycles. The van der Waals surface area contributed by atoms with Gasteiger partial charge < -0.3 is 0 Å². The molecule has 2 rings (SSSR count). The van der Waals surface area contributed by atoms with Crippen LogP contribution in [-0.4, -0.2) is 5.78 Å². The largest absolute Gasteiger partial charge is 0.299 e. The zero-order valence-corrected chi connectivity index (χ0v) is 9.40. The fourth-order valence-corrected chi connectivity index (χ4v) is 3.72. The SMILES string of the molecule is C[C@H]1C(=O)[C@@]2(C)CC[C@]1(C)C2(C)C. The lowest BCUT2D eigenvalue weighted by Crippen LogP contribution is -2.34. The summed E-state index contributed by atoms with van der Waals surface area (Å²) in [7, 11) is 0. The number of carbonyl (C=O) groups excluding carboxylic acids is 1. The molecule has 0 aromatic heterocycles. The van der Waals surface area contributed by atoms with Crippen molar-refractivity contribution in [2.75, 3.05) is 0 Å². The first-order valence-corrected chi connectivity index (χ1v) is 5.32. The highest BCUT2D eigenvalue weighted by molar-refractivity contribution is 5.92. The maximum Gasteiger partial charge on any atom is 0.142 e. The Bertz CT molecular complexity index is 276. The van der Waals surface area contributed by atoms with Crippen LogP contribution < -0.4 is 0 Å². The van der Waals surface area contributed by atoms with E-state index in [0.29, 0.717) is 5.78 Å². The number of rotatable bonds is 0. The number of ketones is 1. The predicted molar refractivity (Wildman–Crippen MR) is 53.4 cm³/mol. The minimum Gasteiger partial charge on any atom is -0.299 e. The van der Waals surface area contributed by atoms with Crippen molar-refractivity contribution in [3.05, 3.63) is 0 Å². The minimum atomic E-state index is -0.0405. The quantitative estimate of drug-likeness (QED) is 0.560. The molecule has 0 aromatic rings. The van der Waals surface area contributed by atoms with Crippen LogP contribution in [0.15, 0.2) is 0 Å². The molecule has 0 N–H and O–H groups in total. The third kappa shape index (κ3) is 0.660. The molecule has 0 radical (unpaired) electrons. The van der Waals surface area contributed by atoms with Gasteiger partial charge in [0.25, 0.3) is 0 Å². The fraction of sp³-hybridized carbons (Fsp3) is 0.917. The average molecular weight is 180 g/mol. The van der Waals surface area contributed by atoms with Crippen molar-refractivity contribution >= 4 is 5.78 Å². The van der Waals surface area contributed by atoms with Gasteiger partial charge in [0.2, 0.25) is 0 Å². The van der Waals surface area contributed by atoms with E-state index in [0.717, 1.165) is 6.42 Å². The molecule has 0 unspecified atom stereocenters. The molecule has 13 heavy (non-hydrogen) atoms. The Morgan fingerprint density at radius 3 is 1.92 bits per heavy atom. The molecular weight excluding hydrogens is 160 g/mol. The maximum absolute atomic E-state index is 12.1. The Morgan fingerprint density at radius 2 is 1.69 bits per heavy atom. The van der Waals surface area contributed by atoms with E-state index in [9.17, 15) is 4.79 Å². The number of hydrogen-bond donors (Lipinski definition) is 0. The molecule has 2 saturated carbocycles. The molecule has 2 aliphatic rings. The lowest BCUT2D eigenvalue weighted by atomic mass is 9.65. The van der Waals surface area contributed by atoms with E-state index in [2.05, 4.69) is 34.6 Å². The second-order valence-corrected chi connectivity index (χ2v) is 5.96. The molecule has 1 heteroatoms. The Morgan fingerprint density at radius 1 is 1.15 bits per heavy atom. The average Bonchev–Trinajstić information content (AvgIpc) is 2.28. The highest BCUT2D eigenvalue weighted by Crippen LogP contribution is 2.72. The van der Waals surface area contributed by atoms with E-state index in [1.807, 2.05) is 0 Å². The number of hydrogen-bond acceptors (Lipinski definition) is 1. The van der Waals surface area contributed by atoms with Crippen molar-refractivity contribution in [1.29, 1.82) is 0 Å². The van der Waals surface area contributed by atoms with Gasteiger partial charge >= 0.3 is 0 Å². The summed E-state index contributed by atoms with van der Waals surface area (Å²) in [5, 5.41) is 0. The van der Waals surface area contributed by atoms with E-state index < -0.39 is 0 Å². The summed E-state index contributed by atoms with van der Waals surface area (Å²) in [5.74, 6) is 0.771. The molecule has 0 saturated heterocycles. The Kier molecular flexibility index (Phi) is 1.43. The van der Waals surface area contributed by atoms with Crippen LogP contribution >= 0.6 is 0 Å². The summed E-state index contributed by atoms with van der Waals surface area (Å²) < 4.78 is 0. The second-order valence-electron chi connectivity index (χ2n) is 5.96. The number of fused-ring (bicyclic) bond motifs is 2. The summed E-state index contributed by atoms with van der Waals surface area (Å²) in [6.45, 7) is 11.1. The first-order valence-electron chi connectivity index (χ1n) is 5.32. The number of Topliss-reactive ketones (excluding diaryl/α,β-unsaturated/α-hetero) is 1. The van der Waals surface area contributed by atoms with E-state index in [1.54, 1.807) is 0 Å². The molecule has 1 nitrogen and oxygen atoms in total. The molecule has 3 atom stereocenters. The standard InChI is InChI=1S/C12H20O/c1-8-9(13)12(5)7-6-11(8,4)10(12,2)3/h8H,6-7H2,1-5H3/t8-,11-,12+/m0/s1. The van der Waals surface area contributed by atoms with Gasteiger partial charge in [-0.15, -0.1) is 0 Å². The van der Waals surface area contributed by atoms with Crippen LogP contribution in [0.25, 0.3) is 0 Å². The summed E-state index contributed by atoms with van der Waals surface area (Å²) in [5.41, 5.74) is 0.399. The van der Waals surface area contributed by atoms with Crippen molar-refractivity contribution in [3.63, 3.8) is 0 Å². The molecule has 0 amide bonds. The first kappa shape index (κ1) is 9.23. The van der Waals surface area contributed by atoms with Gasteiger partial charge in [-0.1, -0.05) is 34.6 Å². The van der Waals surface area contributed by atoms with Gasteiger partial charge in [-0.3, -0.25) is 4.79 Å². The molecule has 2 aliphatic carbocycles. The van der Waals surface area contributed by atoms with Crippen LogP contribution in [0.5, 0.6) is 0 Å². The van der Waals surface area contributed by atoms with Crippen LogP contribution in [0, 0.1) is 22.2 Å². The van der Waals surface area contributed by atoms with Gasteiger partial charge in [-0.05, 0) is 23.7 Å². The topological polar surface area (TPSA) is 17.1 Å². The van der Waals surface area contributed by atoms with E-state index in [4.69, 9.17) is 0 Å². The monoisotopic (exact) mass is 180 g/mol. The Balaban J connectivity index is 2.61. The number of carbonyl (C=O) groups is 1. The van der Waals surface area contributed by atoms with Crippen molar-refractivity contribution in [2.24, 2.45) is 22.2 Å². The van der Waals surface area contributed by atoms with Crippen LogP contribution in [0.1, 0.15) is 47.5 Å². The van der Waals surface area contributed by atoms with Crippen LogP contribution in [0.2, 0.25) is 0 Å². The van der Waals surface area contributed by atoms with Crippen molar-refractivity contribution in [1.82, 2.24) is 0 Å². The van der Waals surface area contributed by atoms with E-state index >= 15 is 0 Å². The second kappa shape index (κ2) is 2.02. The Labute approximate surface area is 80.9 Å². The molecule has 2 fully saturated rings. The molecule has 74 valence electrons. The Hall–Kier alpha value is -0.330. The lowest BCUT2D eigenvalue weighted by molar-refractivity contribution is -0.131. The van der Waals surface area contributed by atoms with E-state index in [-0.39, 0.29) is 22.2 Å². The van der Waals surface area contributed by atoms with Crippen molar-refractivity contribution in [3.8, 4) is 0 Å². The predicted octanol–water partition coefficient (Wildman–Crippen LogP) is 3.04. The van der Waals surface area contributed by atoms with Crippen molar-refractivity contribution < 1.29 is 4.79 Å². The molecule has 0 aromatic carbocycles. The summed E-state index contributed by atoms with van der Waals surface area (Å²) in [4.78, 5) is 12.1. The summed E-state index contributed by atoms with van der Waals surface area (Å²) >= 11 is 0. The van der Waals surface area contributed by atoms with Crippen molar-refractivity contribution in [2.45, 2.75) is 47.5 Å². The zero-order valence-electron chi connectivity index (χ0n) is 9.40. The van der Waals surface area contributed by atoms with Gasteiger partial charge in [-0.2, -0.15) is 0 Å². The van der Waals surface area contributed by atoms with Gasteiger partial charge in [-0.25, -0.2) is 0 Å². The maximum atomic E-state index is 12.1. The summed E-state index contributed by atoms with van der Waals surface area (Å²) in [6, 6.07) is 0. The smallest absolute Gasteiger partial charge is 0.142 e. The third-order valence-corrected chi connectivity index (χ3v) is 5.84. The molecule has 2 bridgehead atoms. The van der Waals surface area contributed by atoms with Gasteiger partial charge in [0, 0.05) is 11.3 Å². The first-order chi connectivity index (χ1) is 5.77. The van der Waals surface area contributed by atoms with Gasteiger partial charge in [0.1, 0.15) is 5.78 Å². The van der Waals surface area contributed by atoms with Gasteiger partial charge in [0.05, 0.1) is 0 Å². The molecular formula is C12H20O. The van der Waals surface area contributed by atoms with Gasteiger partial charge in [0.15, 0.2) is 0 Å². The third-order valence-electron chi connectivity index (χ3n) is 5.84. The lowest BCUT2D eigenvalue weighted by Gasteiger charge is -2.38. The highest BCUT2D eigenvalue weighted by atomic mass is 16.1. The highest BCUT2D eigenvalue weighted by Gasteiger charge is 2.70. The fourth-order valence-electron chi connectivity index (χ4n) is 3.72. The van der Waals surface area contributed by atoms with Crippen LogP contribution in [-0.2, 0) is 4.79 Å². The summed E-state index contributed by atoms with van der Waals surface area (Å²) in [6.07, 6.45) is 2.32. The minimum absolute atomic E-state index is 0.0405. The molecule has 0 spiro atoms. The normalized spacial score (nSPS) is 53.0. The van der Waals surface area contributed by atoms with E-state index in [1.165, 1.54) is 6.42 Å².